The van der Waals surface area contributed by atoms with Crippen LogP contribution in [-0.2, 0) is 10.1 Å². The van der Waals surface area contributed by atoms with Crippen molar-refractivity contribution in [3.05, 3.63) is 0 Å². The summed E-state index contributed by atoms with van der Waals surface area (Å²) in [6.07, 6.45) is 0. The summed E-state index contributed by atoms with van der Waals surface area (Å²) in [5, 5.41) is 0. The fourth-order valence-electron chi connectivity index (χ4n) is 1.11. The van der Waals surface area contributed by atoms with E-state index in [9.17, 15) is 8.42 Å². The first-order valence-electron chi connectivity index (χ1n) is 5.05. The van der Waals surface area contributed by atoms with Crippen molar-refractivity contribution < 1.29 is 13.0 Å². The Morgan fingerprint density at radius 2 is 0.692 bits per heavy atom. The zero-order valence-electron chi connectivity index (χ0n) is 10.8. The number of hydrogen-bond donors (Lipinski definition) is 1. The molecule has 0 heterocycles. The topological polar surface area (TPSA) is 54.4 Å². The molecule has 0 rings (SSSR count). The van der Waals surface area contributed by atoms with Crippen LogP contribution in [0, 0.1) is 0 Å². The normalized spacial score (nSPS) is 16.8. The molecule has 0 radical (unpaired) electrons. The molecular formula is C7HCl15O3S. The minimum absolute atomic E-state index is 2.68. The largest absolute Gasteiger partial charge is 0.302 e. The maximum absolute atomic E-state index is 11.4. The molecular weight excluding hydrogens is 696 g/mol. The molecule has 0 saturated carbocycles. The summed E-state index contributed by atoms with van der Waals surface area (Å²) in [6, 6.07) is 0. The lowest BCUT2D eigenvalue weighted by Gasteiger charge is -2.52. The van der Waals surface area contributed by atoms with Gasteiger partial charge in [0, 0.05) is 0 Å². The lowest BCUT2D eigenvalue weighted by Crippen LogP contribution is -2.69. The molecule has 3 nitrogen and oxygen atoms in total. The summed E-state index contributed by atoms with van der Waals surface area (Å²) in [4.78, 5) is 0. The summed E-state index contributed by atoms with van der Waals surface area (Å²) in [7, 11) is -5.46. The third kappa shape index (κ3) is 4.64. The van der Waals surface area contributed by atoms with E-state index in [-0.39, 0.29) is 0 Å². The Balaban J connectivity index is 6.71. The molecule has 0 unspecified atom stereocenters. The van der Waals surface area contributed by atoms with E-state index in [2.05, 4.69) is 0 Å². The third-order valence-electron chi connectivity index (χ3n) is 2.62. The van der Waals surface area contributed by atoms with E-state index >= 15 is 0 Å². The first kappa shape index (κ1) is 30.3. The maximum Gasteiger partial charge on any atom is 0.302 e. The monoisotopic (exact) mass is 689 g/mol. The minimum Gasteiger partial charge on any atom is -0.283 e. The number of halogens is 15. The predicted molar refractivity (Wildman–Crippen MR) is 118 cm³/mol. The Morgan fingerprint density at radius 3 is 0.923 bits per heavy atom. The van der Waals surface area contributed by atoms with Crippen molar-refractivity contribution in [2.24, 2.45) is 0 Å². The minimum atomic E-state index is -5.46. The van der Waals surface area contributed by atoms with Crippen molar-refractivity contribution in [3.63, 3.8) is 0 Å². The van der Waals surface area contributed by atoms with Gasteiger partial charge in [0.2, 0.25) is 12.5 Å². The summed E-state index contributed by atoms with van der Waals surface area (Å²) in [5.74, 6) is 0. The van der Waals surface area contributed by atoms with Gasteiger partial charge in [0.15, 0.2) is 13.0 Å². The van der Waals surface area contributed by atoms with Crippen LogP contribution < -0.4 is 0 Å². The number of hydrogen-bond acceptors (Lipinski definition) is 2. The van der Waals surface area contributed by atoms with Gasteiger partial charge in [0.05, 0.1) is 0 Å². The molecule has 0 fully saturated rings. The highest BCUT2D eigenvalue weighted by Gasteiger charge is 2.80. The van der Waals surface area contributed by atoms with Gasteiger partial charge in [-0.1, -0.05) is 174 Å². The summed E-state index contributed by atoms with van der Waals surface area (Å²) in [6.45, 7) is 0. The molecule has 158 valence electrons. The van der Waals surface area contributed by atoms with Gasteiger partial charge in [0.25, 0.3) is 3.67 Å². The van der Waals surface area contributed by atoms with Gasteiger partial charge in [-0.25, -0.2) is 0 Å². The molecule has 0 aromatic carbocycles. The predicted octanol–water partition coefficient (Wildman–Crippen LogP) is 8.25. The Morgan fingerprint density at radius 1 is 0.462 bits per heavy atom. The van der Waals surface area contributed by atoms with Crippen molar-refractivity contribution in [1.82, 2.24) is 0 Å². The van der Waals surface area contributed by atoms with Gasteiger partial charge in [-0.2, -0.15) is 8.42 Å². The fraction of sp³-hybridized carbons (Fsp3) is 1.00. The second-order valence-electron chi connectivity index (χ2n) is 4.36. The van der Waals surface area contributed by atoms with Gasteiger partial charge < -0.3 is 0 Å². The molecule has 0 atom stereocenters. The maximum atomic E-state index is 11.4. The SMILES string of the molecule is O=S(=O)(O)C(Cl)(Cl)C(Cl)(Cl)C(Cl)(Cl)C(Cl)(Cl)C(Cl)(Cl)C(Cl)(Cl)C(Cl)(Cl)Cl. The van der Waals surface area contributed by atoms with Crippen LogP contribution >= 0.6 is 174 Å². The van der Waals surface area contributed by atoms with Crippen molar-refractivity contribution >= 4 is 184 Å². The van der Waals surface area contributed by atoms with Gasteiger partial charge in [-0.05, 0) is 0 Å². The molecule has 26 heavy (non-hydrogen) atoms. The van der Waals surface area contributed by atoms with E-state index in [4.69, 9.17) is 179 Å². The summed E-state index contributed by atoms with van der Waals surface area (Å²) >= 11 is 86.7. The van der Waals surface area contributed by atoms with E-state index < -0.39 is 39.2 Å². The van der Waals surface area contributed by atoms with Crippen LogP contribution in [0.2, 0.25) is 0 Å². The van der Waals surface area contributed by atoms with Crippen LogP contribution in [0.5, 0.6) is 0 Å². The van der Waals surface area contributed by atoms with Crippen molar-refractivity contribution in [2.75, 3.05) is 0 Å². The van der Waals surface area contributed by atoms with Gasteiger partial charge in [-0.3, -0.25) is 4.55 Å². The van der Waals surface area contributed by atoms with Crippen LogP contribution in [0.3, 0.4) is 0 Å². The Bertz CT molecular complexity index is 645. The zero-order chi connectivity index (χ0) is 22.0. The van der Waals surface area contributed by atoms with Gasteiger partial charge >= 0.3 is 10.1 Å². The van der Waals surface area contributed by atoms with E-state index in [0.29, 0.717) is 0 Å². The summed E-state index contributed by atoms with van der Waals surface area (Å²) in [5.41, 5.74) is 0. The average Bonchev–Trinajstić information content (AvgIpc) is 2.34. The average molecular weight is 697 g/mol. The van der Waals surface area contributed by atoms with Crippen LogP contribution in [0.25, 0.3) is 0 Å². The van der Waals surface area contributed by atoms with E-state index in [1.807, 2.05) is 0 Å². The second kappa shape index (κ2) is 8.56. The highest BCUT2D eigenvalue weighted by molar-refractivity contribution is 7.90. The van der Waals surface area contributed by atoms with E-state index in [1.165, 1.54) is 0 Å². The lowest BCUT2D eigenvalue weighted by molar-refractivity contribution is 0.447. The van der Waals surface area contributed by atoms with Crippen LogP contribution in [0.15, 0.2) is 0 Å². The molecule has 0 bridgehead atoms. The quantitative estimate of drug-likeness (QED) is 0.225. The Hall–Kier alpha value is 4.26. The first-order chi connectivity index (χ1) is 10.8. The molecule has 0 aromatic rings. The van der Waals surface area contributed by atoms with Crippen molar-refractivity contribution in [3.8, 4) is 0 Å². The van der Waals surface area contributed by atoms with Gasteiger partial charge in [-0.15, -0.1) is 0 Å². The van der Waals surface area contributed by atoms with Gasteiger partial charge in [0.1, 0.15) is 0 Å². The second-order valence-corrected chi connectivity index (χ2v) is 16.6. The lowest BCUT2D eigenvalue weighted by atomic mass is 10.1. The molecule has 0 aliphatic carbocycles. The van der Waals surface area contributed by atoms with Crippen LogP contribution in [-0.4, -0.2) is 42.1 Å². The van der Waals surface area contributed by atoms with Crippen LogP contribution in [0.4, 0.5) is 0 Å². The summed E-state index contributed by atoms with van der Waals surface area (Å²) < 4.78 is 10.0. The Labute approximate surface area is 223 Å². The van der Waals surface area contributed by atoms with Crippen molar-refractivity contribution in [2.45, 2.75) is 29.1 Å². The molecule has 0 aliphatic rings. The van der Waals surface area contributed by atoms with Crippen LogP contribution in [0.1, 0.15) is 0 Å². The molecule has 0 aliphatic heterocycles. The highest BCUT2D eigenvalue weighted by atomic mass is 35.6. The first-order valence-corrected chi connectivity index (χ1v) is 12.2. The third-order valence-corrected chi connectivity index (χ3v) is 14.6. The smallest absolute Gasteiger partial charge is 0.283 e. The number of alkyl halides is 15. The molecule has 19 heteroatoms. The molecule has 0 aromatic heterocycles. The standard InChI is InChI=1S/C7HCl15O3S/c8-1(9,2(10,11)4(14,15)6(18,19)20)3(12,13)5(16,17)7(21,22)26(23,24)25/h(H,23,24,25). The zero-order valence-corrected chi connectivity index (χ0v) is 23.0. The highest BCUT2D eigenvalue weighted by Crippen LogP contribution is 2.71. The van der Waals surface area contributed by atoms with E-state index in [1.54, 1.807) is 0 Å². The van der Waals surface area contributed by atoms with Crippen molar-refractivity contribution in [1.29, 1.82) is 0 Å². The molecule has 0 spiro atoms. The molecule has 0 saturated heterocycles. The number of rotatable bonds is 6. The molecule has 1 N–H and O–H groups in total. The Kier molecular flexibility index (Phi) is 9.96. The van der Waals surface area contributed by atoms with E-state index in [0.717, 1.165) is 0 Å². The molecule has 0 amide bonds. The fourth-order valence-corrected chi connectivity index (χ4v) is 6.33.